The van der Waals surface area contributed by atoms with Crippen LogP contribution in [0, 0.1) is 0 Å². The Hall–Kier alpha value is -3.41. The van der Waals surface area contributed by atoms with Crippen LogP contribution in [0.25, 0.3) is 21.9 Å². The summed E-state index contributed by atoms with van der Waals surface area (Å²) in [6.45, 7) is 0.171. The van der Waals surface area contributed by atoms with Crippen molar-refractivity contribution in [2.24, 2.45) is 0 Å². The first-order valence-corrected chi connectivity index (χ1v) is 8.73. The van der Waals surface area contributed by atoms with Crippen molar-refractivity contribution in [2.45, 2.75) is 6.61 Å². The highest BCUT2D eigenvalue weighted by molar-refractivity contribution is 6.13. The Balaban J connectivity index is 2.14. The fraction of sp³-hybridized carbons (Fsp3) is 0.227. The van der Waals surface area contributed by atoms with Crippen LogP contribution in [0.2, 0.25) is 0 Å². The number of carbonyl (C=O) groups excluding carboxylic acids is 1. The number of fused-ring (bicyclic) bond motifs is 2. The first kappa shape index (κ1) is 18.0. The summed E-state index contributed by atoms with van der Waals surface area (Å²) in [6.07, 6.45) is 0. The maximum atomic E-state index is 12.6. The molecule has 3 aromatic rings. The summed E-state index contributed by atoms with van der Waals surface area (Å²) in [7, 11) is 6.36. The van der Waals surface area contributed by atoms with E-state index in [-0.39, 0.29) is 12.6 Å². The van der Waals surface area contributed by atoms with Gasteiger partial charge in [-0.1, -0.05) is 12.1 Å². The molecule has 1 heterocycles. The molecule has 6 heteroatoms. The number of carbonyl (C=O) groups is 1. The lowest BCUT2D eigenvalue weighted by atomic mass is 9.89. The summed E-state index contributed by atoms with van der Waals surface area (Å²) in [5.41, 5.74) is 2.90. The van der Waals surface area contributed by atoms with Gasteiger partial charge in [-0.05, 0) is 35.2 Å². The van der Waals surface area contributed by atoms with Crippen LogP contribution in [0.5, 0.6) is 23.0 Å². The van der Waals surface area contributed by atoms with Gasteiger partial charge in [-0.2, -0.15) is 0 Å². The Morgan fingerprint density at radius 1 is 0.786 bits per heavy atom. The second-order valence-corrected chi connectivity index (χ2v) is 6.32. The first-order valence-electron chi connectivity index (χ1n) is 8.73. The van der Waals surface area contributed by atoms with Gasteiger partial charge < -0.3 is 23.7 Å². The number of methoxy groups -OCH3 is 4. The van der Waals surface area contributed by atoms with Gasteiger partial charge in [0.1, 0.15) is 18.1 Å². The monoisotopic (exact) mass is 380 g/mol. The van der Waals surface area contributed by atoms with Crippen molar-refractivity contribution in [2.75, 3.05) is 28.4 Å². The number of hydrogen-bond acceptors (Lipinski definition) is 6. The van der Waals surface area contributed by atoms with E-state index in [1.165, 1.54) is 0 Å². The molecule has 0 aliphatic carbocycles. The minimum absolute atomic E-state index is 0.171. The summed E-state index contributed by atoms with van der Waals surface area (Å²) in [5, 5.41) is 1.64. The second kappa shape index (κ2) is 6.96. The van der Waals surface area contributed by atoms with Gasteiger partial charge in [0, 0.05) is 16.5 Å². The van der Waals surface area contributed by atoms with Crippen LogP contribution < -0.4 is 18.9 Å². The molecule has 4 rings (SSSR count). The molecule has 0 bridgehead atoms. The van der Waals surface area contributed by atoms with Crippen LogP contribution in [0.4, 0.5) is 0 Å². The summed E-state index contributed by atoms with van der Waals surface area (Å²) in [5.74, 6) is 2.13. The highest BCUT2D eigenvalue weighted by Crippen LogP contribution is 2.47. The van der Waals surface area contributed by atoms with Crippen molar-refractivity contribution < 1.29 is 28.5 Å². The van der Waals surface area contributed by atoms with E-state index in [9.17, 15) is 4.79 Å². The van der Waals surface area contributed by atoms with Crippen LogP contribution in [0.3, 0.4) is 0 Å². The van der Waals surface area contributed by atoms with Crippen molar-refractivity contribution in [3.05, 3.63) is 47.5 Å². The Kier molecular flexibility index (Phi) is 4.47. The normalized spacial score (nSPS) is 12.5. The molecular weight excluding hydrogens is 360 g/mol. The van der Waals surface area contributed by atoms with Crippen molar-refractivity contribution in [3.8, 4) is 34.1 Å². The smallest absolute Gasteiger partial charge is 0.339 e. The first-order chi connectivity index (χ1) is 13.6. The summed E-state index contributed by atoms with van der Waals surface area (Å²) >= 11 is 0. The molecule has 0 saturated heterocycles. The molecule has 1 aliphatic heterocycles. The third-order valence-electron chi connectivity index (χ3n) is 5.00. The molecule has 0 radical (unpaired) electrons. The molecule has 0 saturated carbocycles. The molecule has 0 unspecified atom stereocenters. The largest absolute Gasteiger partial charge is 0.497 e. The van der Waals surface area contributed by atoms with Crippen LogP contribution in [-0.4, -0.2) is 34.4 Å². The van der Waals surface area contributed by atoms with E-state index >= 15 is 0 Å². The highest BCUT2D eigenvalue weighted by Gasteiger charge is 2.32. The van der Waals surface area contributed by atoms with E-state index in [4.69, 9.17) is 23.7 Å². The number of esters is 1. The van der Waals surface area contributed by atoms with E-state index in [1.54, 1.807) is 28.4 Å². The number of hydrogen-bond donors (Lipinski definition) is 0. The van der Waals surface area contributed by atoms with Crippen LogP contribution in [-0.2, 0) is 11.3 Å². The van der Waals surface area contributed by atoms with E-state index in [2.05, 4.69) is 0 Å². The van der Waals surface area contributed by atoms with Gasteiger partial charge in [-0.3, -0.25) is 0 Å². The molecule has 144 valence electrons. The van der Waals surface area contributed by atoms with Crippen LogP contribution in [0.1, 0.15) is 15.9 Å². The maximum Gasteiger partial charge on any atom is 0.339 e. The molecule has 0 N–H and O–H groups in total. The van der Waals surface area contributed by atoms with E-state index in [1.807, 2.05) is 36.4 Å². The fourth-order valence-electron chi connectivity index (χ4n) is 3.70. The number of ether oxygens (including phenoxy) is 5. The summed E-state index contributed by atoms with van der Waals surface area (Å²) < 4.78 is 27.2. The Labute approximate surface area is 162 Å². The van der Waals surface area contributed by atoms with E-state index in [0.29, 0.717) is 22.8 Å². The predicted molar refractivity (Wildman–Crippen MR) is 105 cm³/mol. The third kappa shape index (κ3) is 2.60. The zero-order valence-electron chi connectivity index (χ0n) is 16.1. The lowest BCUT2D eigenvalue weighted by Crippen LogP contribution is -2.02. The maximum absolute atomic E-state index is 12.6. The minimum atomic E-state index is -0.365. The highest BCUT2D eigenvalue weighted by atomic mass is 16.5. The average molecular weight is 380 g/mol. The van der Waals surface area contributed by atoms with E-state index in [0.717, 1.165) is 33.2 Å². The number of rotatable bonds is 5. The lowest BCUT2D eigenvalue weighted by molar-refractivity contribution is 0.0535. The molecule has 3 aromatic carbocycles. The summed E-state index contributed by atoms with van der Waals surface area (Å²) in [6, 6.07) is 11.3. The average Bonchev–Trinajstić information content (AvgIpc) is 3.12. The molecule has 0 spiro atoms. The SMILES string of the molecule is COc1ccc(-c2c3c(c(OC)c4cc(OC)c(OC)cc24)COC3=O)cc1. The molecule has 28 heavy (non-hydrogen) atoms. The Morgan fingerprint density at radius 3 is 2.00 bits per heavy atom. The Morgan fingerprint density at radius 2 is 1.43 bits per heavy atom. The van der Waals surface area contributed by atoms with Crippen molar-refractivity contribution in [3.63, 3.8) is 0 Å². The predicted octanol–water partition coefficient (Wildman–Crippen LogP) is 4.21. The van der Waals surface area contributed by atoms with E-state index < -0.39 is 0 Å². The molecule has 0 fully saturated rings. The van der Waals surface area contributed by atoms with Gasteiger partial charge in [0.15, 0.2) is 11.5 Å². The fourth-order valence-corrected chi connectivity index (χ4v) is 3.70. The minimum Gasteiger partial charge on any atom is -0.497 e. The number of cyclic esters (lactones) is 1. The standard InChI is InChI=1S/C22H20O6/c1-24-13-7-5-12(6-8-13)19-14-9-17(25-2)18(26-3)10-15(14)21(27-4)16-11-28-22(23)20(16)19/h5-10H,11H2,1-4H3. The van der Waals surface area contributed by atoms with Gasteiger partial charge in [0.25, 0.3) is 0 Å². The quantitative estimate of drug-likeness (QED) is 0.618. The van der Waals surface area contributed by atoms with Crippen LogP contribution >= 0.6 is 0 Å². The van der Waals surface area contributed by atoms with Crippen LogP contribution in [0.15, 0.2) is 36.4 Å². The zero-order valence-corrected chi connectivity index (χ0v) is 16.1. The van der Waals surface area contributed by atoms with Gasteiger partial charge in [0.2, 0.25) is 0 Å². The van der Waals surface area contributed by atoms with Gasteiger partial charge >= 0.3 is 5.97 Å². The number of benzene rings is 3. The van der Waals surface area contributed by atoms with Crippen molar-refractivity contribution in [1.82, 2.24) is 0 Å². The van der Waals surface area contributed by atoms with Crippen molar-refractivity contribution >= 4 is 16.7 Å². The van der Waals surface area contributed by atoms with Gasteiger partial charge in [-0.15, -0.1) is 0 Å². The topological polar surface area (TPSA) is 63.2 Å². The van der Waals surface area contributed by atoms with Gasteiger partial charge in [0.05, 0.1) is 34.0 Å². The molecule has 6 nitrogen and oxygen atoms in total. The molecule has 0 amide bonds. The molecule has 0 atom stereocenters. The van der Waals surface area contributed by atoms with Crippen molar-refractivity contribution in [1.29, 1.82) is 0 Å². The summed E-state index contributed by atoms with van der Waals surface area (Å²) in [4.78, 5) is 12.6. The zero-order chi connectivity index (χ0) is 19.8. The third-order valence-corrected chi connectivity index (χ3v) is 5.00. The molecule has 0 aromatic heterocycles. The second-order valence-electron chi connectivity index (χ2n) is 6.32. The van der Waals surface area contributed by atoms with Gasteiger partial charge in [-0.25, -0.2) is 4.79 Å². The molecule has 1 aliphatic rings. The Bertz CT molecular complexity index is 1070. The lowest BCUT2D eigenvalue weighted by Gasteiger charge is -2.18. The molecular formula is C22H20O6.